The Morgan fingerprint density at radius 1 is 1.33 bits per heavy atom. The van der Waals surface area contributed by atoms with E-state index in [1.165, 1.54) is 25.3 Å². The molecule has 0 aliphatic heterocycles. The number of esters is 1. The molecule has 0 radical (unpaired) electrons. The number of hydrogen-bond acceptors (Lipinski definition) is 5. The van der Waals surface area contributed by atoms with Crippen LogP contribution in [0.15, 0.2) is 30.3 Å². The average Bonchev–Trinajstić information content (AvgIpc) is 2.54. The van der Waals surface area contributed by atoms with Crippen LogP contribution >= 0.6 is 11.6 Å². The van der Waals surface area contributed by atoms with E-state index < -0.39 is 23.6 Å². The standard InChI is InChI=1S/C17H16ClFO5/c1-3-24-17(22)10-6-11(18)15(13(20)8-10)16(21)9-4-5-14(23-2)12(19)7-9/h4-8,16,20-21H,3H2,1-2H3. The number of carbonyl (C=O) groups is 1. The second kappa shape index (κ2) is 7.51. The van der Waals surface area contributed by atoms with Crippen LogP contribution < -0.4 is 4.74 Å². The van der Waals surface area contributed by atoms with E-state index in [0.29, 0.717) is 0 Å². The third-order valence-electron chi connectivity index (χ3n) is 3.38. The van der Waals surface area contributed by atoms with Crippen molar-refractivity contribution in [1.29, 1.82) is 0 Å². The van der Waals surface area contributed by atoms with E-state index in [1.807, 2.05) is 0 Å². The number of aliphatic hydroxyl groups excluding tert-OH is 1. The lowest BCUT2D eigenvalue weighted by atomic mass is 9.98. The van der Waals surface area contributed by atoms with Gasteiger partial charge >= 0.3 is 5.97 Å². The molecule has 0 bridgehead atoms. The van der Waals surface area contributed by atoms with Crippen molar-refractivity contribution in [2.45, 2.75) is 13.0 Å². The molecule has 1 unspecified atom stereocenters. The van der Waals surface area contributed by atoms with Crippen LogP contribution in [0.4, 0.5) is 4.39 Å². The monoisotopic (exact) mass is 354 g/mol. The number of carbonyl (C=O) groups excluding carboxylic acids is 1. The molecule has 0 fully saturated rings. The van der Waals surface area contributed by atoms with Gasteiger partial charge in [-0.25, -0.2) is 9.18 Å². The van der Waals surface area contributed by atoms with E-state index >= 15 is 0 Å². The summed E-state index contributed by atoms with van der Waals surface area (Å²) in [5.41, 5.74) is 0.194. The summed E-state index contributed by atoms with van der Waals surface area (Å²) >= 11 is 6.08. The van der Waals surface area contributed by atoms with Gasteiger partial charge in [0.15, 0.2) is 11.6 Å². The van der Waals surface area contributed by atoms with Crippen LogP contribution in [-0.4, -0.2) is 29.9 Å². The van der Waals surface area contributed by atoms with Gasteiger partial charge in [-0.2, -0.15) is 0 Å². The zero-order valence-electron chi connectivity index (χ0n) is 13.0. The third-order valence-corrected chi connectivity index (χ3v) is 3.70. The lowest BCUT2D eigenvalue weighted by Crippen LogP contribution is -2.07. The number of hydrogen-bond donors (Lipinski definition) is 2. The van der Waals surface area contributed by atoms with E-state index in [4.69, 9.17) is 21.1 Å². The van der Waals surface area contributed by atoms with Gasteiger partial charge in [-0.1, -0.05) is 17.7 Å². The number of aromatic hydroxyl groups is 1. The van der Waals surface area contributed by atoms with Crippen molar-refractivity contribution in [3.8, 4) is 11.5 Å². The fraction of sp³-hybridized carbons (Fsp3) is 0.235. The van der Waals surface area contributed by atoms with Crippen LogP contribution in [0.25, 0.3) is 0 Å². The molecule has 7 heteroatoms. The van der Waals surface area contributed by atoms with Crippen molar-refractivity contribution < 1.29 is 28.9 Å². The van der Waals surface area contributed by atoms with Gasteiger partial charge in [0, 0.05) is 5.56 Å². The first kappa shape index (κ1) is 18.0. The number of methoxy groups -OCH3 is 1. The highest BCUT2D eigenvalue weighted by molar-refractivity contribution is 6.32. The number of halogens is 2. The smallest absolute Gasteiger partial charge is 0.338 e. The quantitative estimate of drug-likeness (QED) is 0.804. The van der Waals surface area contributed by atoms with Crippen LogP contribution in [0.2, 0.25) is 5.02 Å². The molecule has 0 saturated heterocycles. The molecule has 2 aromatic carbocycles. The van der Waals surface area contributed by atoms with Crippen molar-refractivity contribution in [1.82, 2.24) is 0 Å². The van der Waals surface area contributed by atoms with E-state index in [2.05, 4.69) is 0 Å². The minimum Gasteiger partial charge on any atom is -0.507 e. The maximum absolute atomic E-state index is 13.8. The molecule has 2 N–H and O–H groups in total. The molecule has 24 heavy (non-hydrogen) atoms. The Balaban J connectivity index is 2.41. The summed E-state index contributed by atoms with van der Waals surface area (Å²) < 4.78 is 23.4. The second-order valence-electron chi connectivity index (χ2n) is 4.91. The molecular formula is C17H16ClFO5. The van der Waals surface area contributed by atoms with E-state index in [0.717, 1.165) is 12.1 Å². The predicted molar refractivity (Wildman–Crippen MR) is 86.1 cm³/mol. The first-order chi connectivity index (χ1) is 11.4. The van der Waals surface area contributed by atoms with Crippen molar-refractivity contribution in [3.05, 3.63) is 57.9 Å². The number of rotatable bonds is 5. The molecule has 128 valence electrons. The van der Waals surface area contributed by atoms with Gasteiger partial charge in [-0.05, 0) is 36.8 Å². The number of ether oxygens (including phenoxy) is 2. The second-order valence-corrected chi connectivity index (χ2v) is 5.32. The lowest BCUT2D eigenvalue weighted by Gasteiger charge is -2.16. The molecule has 2 aromatic rings. The zero-order chi connectivity index (χ0) is 17.9. The Morgan fingerprint density at radius 3 is 2.58 bits per heavy atom. The molecule has 0 aliphatic carbocycles. The Morgan fingerprint density at radius 2 is 2.04 bits per heavy atom. The van der Waals surface area contributed by atoms with Crippen LogP contribution in [0.3, 0.4) is 0 Å². The first-order valence-corrected chi connectivity index (χ1v) is 7.47. The maximum Gasteiger partial charge on any atom is 0.338 e. The average molecular weight is 355 g/mol. The summed E-state index contributed by atoms with van der Waals surface area (Å²) in [5, 5.41) is 20.5. The minimum absolute atomic E-state index is 0.0268. The van der Waals surface area contributed by atoms with Crippen LogP contribution in [0, 0.1) is 5.82 Å². The fourth-order valence-electron chi connectivity index (χ4n) is 2.23. The molecule has 1 atom stereocenters. The molecule has 0 aromatic heterocycles. The van der Waals surface area contributed by atoms with Crippen LogP contribution in [0.5, 0.6) is 11.5 Å². The summed E-state index contributed by atoms with van der Waals surface area (Å²) in [4.78, 5) is 11.7. The summed E-state index contributed by atoms with van der Waals surface area (Å²) in [6.07, 6.45) is -1.38. The summed E-state index contributed by atoms with van der Waals surface area (Å²) in [6, 6.07) is 6.30. The topological polar surface area (TPSA) is 76.0 Å². The molecule has 0 heterocycles. The fourth-order valence-corrected chi connectivity index (χ4v) is 2.54. The number of phenols is 1. The molecule has 0 spiro atoms. The van der Waals surface area contributed by atoms with Gasteiger partial charge in [0.2, 0.25) is 0 Å². The summed E-state index contributed by atoms with van der Waals surface area (Å²) in [7, 11) is 1.32. The molecule has 0 saturated carbocycles. The zero-order valence-corrected chi connectivity index (χ0v) is 13.8. The first-order valence-electron chi connectivity index (χ1n) is 7.10. The van der Waals surface area contributed by atoms with Crippen molar-refractivity contribution in [2.24, 2.45) is 0 Å². The van der Waals surface area contributed by atoms with E-state index in [1.54, 1.807) is 6.92 Å². The largest absolute Gasteiger partial charge is 0.507 e. The summed E-state index contributed by atoms with van der Waals surface area (Å²) in [5.74, 6) is -1.67. The Hall–Kier alpha value is -2.31. The minimum atomic E-state index is -1.38. The van der Waals surface area contributed by atoms with Gasteiger partial charge in [0.1, 0.15) is 11.9 Å². The van der Waals surface area contributed by atoms with Crippen LogP contribution in [0.1, 0.15) is 34.5 Å². The third kappa shape index (κ3) is 3.60. The van der Waals surface area contributed by atoms with Gasteiger partial charge < -0.3 is 19.7 Å². The summed E-state index contributed by atoms with van der Waals surface area (Å²) in [6.45, 7) is 1.82. The number of aliphatic hydroxyl groups is 1. The Bertz CT molecular complexity index is 740. The maximum atomic E-state index is 13.8. The predicted octanol–water partition coefficient (Wildman–Crippen LogP) is 3.45. The highest BCUT2D eigenvalue weighted by Crippen LogP contribution is 2.37. The number of phenolic OH excluding ortho intramolecular Hbond substituents is 1. The van der Waals surface area contributed by atoms with Gasteiger partial charge in [0.25, 0.3) is 0 Å². The molecule has 2 rings (SSSR count). The van der Waals surface area contributed by atoms with Crippen molar-refractivity contribution in [2.75, 3.05) is 13.7 Å². The van der Waals surface area contributed by atoms with Crippen LogP contribution in [-0.2, 0) is 4.74 Å². The Kier molecular flexibility index (Phi) is 5.64. The number of benzene rings is 2. The van der Waals surface area contributed by atoms with Gasteiger partial charge in [-0.15, -0.1) is 0 Å². The normalized spacial score (nSPS) is 11.9. The van der Waals surface area contributed by atoms with Gasteiger partial charge in [-0.3, -0.25) is 0 Å². The van der Waals surface area contributed by atoms with E-state index in [9.17, 15) is 19.4 Å². The van der Waals surface area contributed by atoms with E-state index in [-0.39, 0.29) is 34.1 Å². The lowest BCUT2D eigenvalue weighted by molar-refractivity contribution is 0.0525. The Labute approximate surface area is 143 Å². The van der Waals surface area contributed by atoms with Gasteiger partial charge in [0.05, 0.1) is 24.3 Å². The SMILES string of the molecule is CCOC(=O)c1cc(O)c(C(O)c2ccc(OC)c(F)c2)c(Cl)c1. The van der Waals surface area contributed by atoms with Crippen molar-refractivity contribution >= 4 is 17.6 Å². The molecular weight excluding hydrogens is 339 g/mol. The molecule has 0 amide bonds. The highest BCUT2D eigenvalue weighted by atomic mass is 35.5. The highest BCUT2D eigenvalue weighted by Gasteiger charge is 2.22. The molecule has 0 aliphatic rings. The molecule has 5 nitrogen and oxygen atoms in total. The van der Waals surface area contributed by atoms with Crippen molar-refractivity contribution in [3.63, 3.8) is 0 Å².